The molecule has 2 aliphatic heterocycles. The van der Waals surface area contributed by atoms with Crippen LogP contribution in [0.4, 0.5) is 0 Å². The molecule has 0 bridgehead atoms. The number of methoxy groups -OCH3 is 2. The lowest BCUT2D eigenvalue weighted by Gasteiger charge is -2.14. The molecule has 2 aliphatic rings. The van der Waals surface area contributed by atoms with Gasteiger partial charge in [0.1, 0.15) is 11.5 Å². The Morgan fingerprint density at radius 3 is 1.86 bits per heavy atom. The molecule has 0 aliphatic carbocycles. The molecular weight excluding hydrogens is 471 g/mol. The van der Waals surface area contributed by atoms with Crippen molar-refractivity contribution >= 4 is 45.8 Å². The van der Waals surface area contributed by atoms with Gasteiger partial charge in [-0.15, -0.1) is 0 Å². The summed E-state index contributed by atoms with van der Waals surface area (Å²) in [6.07, 6.45) is 0. The molecule has 2 aromatic carbocycles. The van der Waals surface area contributed by atoms with Crippen molar-refractivity contribution in [2.75, 3.05) is 14.2 Å². The van der Waals surface area contributed by atoms with Crippen LogP contribution in [-0.4, -0.2) is 26.0 Å². The molecular formula is C21H17IN2O4. The molecule has 2 heterocycles. The number of rotatable bonds is 4. The molecule has 4 rings (SSSR count). The van der Waals surface area contributed by atoms with Crippen molar-refractivity contribution in [1.82, 2.24) is 10.6 Å². The molecule has 0 aromatic heterocycles. The van der Waals surface area contributed by atoms with Crippen LogP contribution in [0.2, 0.25) is 0 Å². The predicted molar refractivity (Wildman–Crippen MR) is 114 cm³/mol. The number of carbonyl (C=O) groups excluding carboxylic acids is 2. The minimum atomic E-state index is -0.328. The van der Waals surface area contributed by atoms with Gasteiger partial charge in [0.05, 0.1) is 42.3 Å². The Bertz CT molecular complexity index is 1010. The lowest BCUT2D eigenvalue weighted by Crippen LogP contribution is -2.22. The molecule has 142 valence electrons. The van der Waals surface area contributed by atoms with Crippen LogP contribution in [0.3, 0.4) is 0 Å². The second-order valence-electron chi connectivity index (χ2n) is 6.38. The Balaban J connectivity index is 2.00. The fourth-order valence-electron chi connectivity index (χ4n) is 3.60. The number of benzene rings is 2. The predicted octanol–water partition coefficient (Wildman–Crippen LogP) is 3.00. The van der Waals surface area contributed by atoms with Crippen LogP contribution in [0.25, 0.3) is 11.4 Å². The average Bonchev–Trinajstić information content (AvgIpc) is 3.19. The van der Waals surface area contributed by atoms with Gasteiger partial charge in [-0.25, -0.2) is 0 Å². The number of carbonyl (C=O) groups is 2. The van der Waals surface area contributed by atoms with Gasteiger partial charge in [-0.2, -0.15) is 0 Å². The fraction of sp³-hybridized carbons (Fsp3) is 0.143. The topological polar surface area (TPSA) is 76.7 Å². The lowest BCUT2D eigenvalue weighted by molar-refractivity contribution is -0.117. The Hall–Kier alpha value is -2.81. The number of halogens is 1. The van der Waals surface area contributed by atoms with Gasteiger partial charge in [-0.05, 0) is 53.3 Å². The summed E-state index contributed by atoms with van der Waals surface area (Å²) in [6.45, 7) is 1.91. The number of hydrogen-bond donors (Lipinski definition) is 2. The van der Waals surface area contributed by atoms with Crippen molar-refractivity contribution in [3.05, 3.63) is 67.8 Å². The normalized spacial score (nSPS) is 15.6. The van der Waals surface area contributed by atoms with Crippen LogP contribution in [0, 0.1) is 10.5 Å². The smallest absolute Gasteiger partial charge is 0.258 e. The van der Waals surface area contributed by atoms with Crippen LogP contribution in [-0.2, 0) is 9.59 Å². The van der Waals surface area contributed by atoms with Crippen LogP contribution in [0.15, 0.2) is 47.5 Å². The Kier molecular flexibility index (Phi) is 4.62. The second kappa shape index (κ2) is 6.97. The van der Waals surface area contributed by atoms with E-state index in [4.69, 9.17) is 9.47 Å². The summed E-state index contributed by atoms with van der Waals surface area (Å²) < 4.78 is 11.8. The van der Waals surface area contributed by atoms with Crippen LogP contribution >= 0.6 is 22.6 Å². The SMILES string of the molecule is COc1cccc(C)c1C1=C2C(=O)NC(c3c(I)cccc3OC)=C2C(=O)N1. The van der Waals surface area contributed by atoms with E-state index in [0.717, 1.165) is 9.13 Å². The van der Waals surface area contributed by atoms with E-state index in [0.29, 0.717) is 45.2 Å². The number of aryl methyl sites for hydroxylation is 1. The minimum absolute atomic E-state index is 0.327. The molecule has 7 heteroatoms. The highest BCUT2D eigenvalue weighted by Crippen LogP contribution is 2.43. The summed E-state index contributed by atoms with van der Waals surface area (Å²) in [6, 6.07) is 11.2. The number of ether oxygens (including phenoxy) is 2. The Morgan fingerprint density at radius 2 is 1.29 bits per heavy atom. The van der Waals surface area contributed by atoms with Gasteiger partial charge in [0.2, 0.25) is 0 Å². The maximum atomic E-state index is 12.9. The summed E-state index contributed by atoms with van der Waals surface area (Å²) in [5, 5.41) is 5.74. The monoisotopic (exact) mass is 488 g/mol. The van der Waals surface area contributed by atoms with Crippen molar-refractivity contribution in [3.8, 4) is 11.5 Å². The zero-order valence-corrected chi connectivity index (χ0v) is 17.6. The second-order valence-corrected chi connectivity index (χ2v) is 7.54. The molecule has 0 spiro atoms. The minimum Gasteiger partial charge on any atom is -0.496 e. The van der Waals surface area contributed by atoms with E-state index < -0.39 is 0 Å². The van der Waals surface area contributed by atoms with Gasteiger partial charge < -0.3 is 20.1 Å². The van der Waals surface area contributed by atoms with Crippen molar-refractivity contribution in [2.24, 2.45) is 0 Å². The highest BCUT2D eigenvalue weighted by Gasteiger charge is 2.42. The number of amides is 2. The van der Waals surface area contributed by atoms with Crippen LogP contribution in [0.1, 0.15) is 16.7 Å². The summed E-state index contributed by atoms with van der Waals surface area (Å²) in [7, 11) is 3.13. The third-order valence-electron chi connectivity index (χ3n) is 4.83. The van der Waals surface area contributed by atoms with E-state index >= 15 is 0 Å². The molecule has 28 heavy (non-hydrogen) atoms. The highest BCUT2D eigenvalue weighted by molar-refractivity contribution is 14.1. The van der Waals surface area contributed by atoms with Crippen molar-refractivity contribution in [1.29, 1.82) is 0 Å². The first-order valence-electron chi connectivity index (χ1n) is 8.56. The number of hydrogen-bond acceptors (Lipinski definition) is 4. The highest BCUT2D eigenvalue weighted by atomic mass is 127. The molecule has 0 atom stereocenters. The molecule has 0 radical (unpaired) electrons. The van der Waals surface area contributed by atoms with Crippen molar-refractivity contribution < 1.29 is 19.1 Å². The maximum absolute atomic E-state index is 12.9. The van der Waals surface area contributed by atoms with E-state index in [-0.39, 0.29) is 11.8 Å². The molecule has 0 unspecified atom stereocenters. The van der Waals surface area contributed by atoms with Crippen LogP contribution in [0.5, 0.6) is 11.5 Å². The zero-order chi connectivity index (χ0) is 20.0. The standard InChI is InChI=1S/C21H17IN2O4/c1-10-6-4-8-12(27-2)14(10)18-16-17(21(26)23-18)19(24-20(16)25)15-11(22)7-5-9-13(15)28-3/h4-9H,1-3H3,(H,23,26)(H,24,25). The molecule has 2 N–H and O–H groups in total. The van der Waals surface area contributed by atoms with E-state index in [1.165, 1.54) is 0 Å². The van der Waals surface area contributed by atoms with Gasteiger partial charge in [-0.1, -0.05) is 18.2 Å². The van der Waals surface area contributed by atoms with Crippen molar-refractivity contribution in [2.45, 2.75) is 6.92 Å². The van der Waals surface area contributed by atoms with Gasteiger partial charge in [0.15, 0.2) is 0 Å². The Labute approximate surface area is 175 Å². The quantitative estimate of drug-likeness (QED) is 0.650. The molecule has 2 amide bonds. The third-order valence-corrected chi connectivity index (χ3v) is 5.73. The molecule has 0 saturated heterocycles. The summed E-state index contributed by atoms with van der Waals surface area (Å²) >= 11 is 2.17. The summed E-state index contributed by atoms with van der Waals surface area (Å²) in [5.41, 5.74) is 3.87. The van der Waals surface area contributed by atoms with E-state index in [1.54, 1.807) is 26.4 Å². The first-order valence-corrected chi connectivity index (χ1v) is 9.64. The summed E-state index contributed by atoms with van der Waals surface area (Å²) in [4.78, 5) is 25.8. The summed E-state index contributed by atoms with van der Waals surface area (Å²) in [5.74, 6) is 0.526. The first kappa shape index (κ1) is 18.5. The van der Waals surface area contributed by atoms with Gasteiger partial charge in [-0.3, -0.25) is 9.59 Å². The molecule has 0 saturated carbocycles. The van der Waals surface area contributed by atoms with Crippen molar-refractivity contribution in [3.63, 3.8) is 0 Å². The van der Waals surface area contributed by atoms with Gasteiger partial charge in [0.25, 0.3) is 11.8 Å². The van der Waals surface area contributed by atoms with Gasteiger partial charge in [0, 0.05) is 9.13 Å². The lowest BCUT2D eigenvalue weighted by atomic mass is 9.98. The van der Waals surface area contributed by atoms with E-state index in [2.05, 4.69) is 33.2 Å². The Morgan fingerprint density at radius 1 is 0.786 bits per heavy atom. The average molecular weight is 488 g/mol. The largest absolute Gasteiger partial charge is 0.496 e. The zero-order valence-electron chi connectivity index (χ0n) is 15.5. The number of nitrogens with one attached hydrogen (secondary N) is 2. The molecule has 0 fully saturated rings. The van der Waals surface area contributed by atoms with E-state index in [9.17, 15) is 9.59 Å². The fourth-order valence-corrected chi connectivity index (χ4v) is 4.35. The van der Waals surface area contributed by atoms with E-state index in [1.807, 2.05) is 31.2 Å². The number of fused-ring (bicyclic) bond motifs is 1. The maximum Gasteiger partial charge on any atom is 0.258 e. The molecule has 6 nitrogen and oxygen atoms in total. The third kappa shape index (κ3) is 2.69. The van der Waals surface area contributed by atoms with Crippen LogP contribution < -0.4 is 20.1 Å². The van der Waals surface area contributed by atoms with Gasteiger partial charge >= 0.3 is 0 Å². The molecule has 2 aromatic rings. The first-order chi connectivity index (χ1) is 13.5.